The minimum Gasteiger partial charge on any atom is -0.351 e. The summed E-state index contributed by atoms with van der Waals surface area (Å²) in [5.74, 6) is 0.258. The number of aromatic amines is 1. The molecule has 126 valence electrons. The number of benzene rings is 1. The number of aromatic nitrogens is 1. The summed E-state index contributed by atoms with van der Waals surface area (Å²) in [5.41, 5.74) is 2.24. The topological polar surface area (TPSA) is 48.1 Å². The molecule has 2 aromatic rings. The van der Waals surface area contributed by atoms with Crippen LogP contribution in [-0.4, -0.2) is 41.0 Å². The van der Waals surface area contributed by atoms with Gasteiger partial charge in [0.05, 0.1) is 0 Å². The molecule has 0 aliphatic carbocycles. The highest BCUT2D eigenvalue weighted by atomic mass is 19.1. The Balaban J connectivity index is 1.48. The lowest BCUT2D eigenvalue weighted by atomic mass is 9.79. The summed E-state index contributed by atoms with van der Waals surface area (Å²) in [4.78, 5) is 18.2. The summed E-state index contributed by atoms with van der Waals surface area (Å²) in [7, 11) is 0. The Labute approximate surface area is 141 Å². The lowest BCUT2D eigenvalue weighted by Gasteiger charge is -2.49. The zero-order valence-electron chi connectivity index (χ0n) is 13.8. The number of carbonyl (C=O) groups is 1. The van der Waals surface area contributed by atoms with Gasteiger partial charge in [0.15, 0.2) is 0 Å². The van der Waals surface area contributed by atoms with E-state index in [0.29, 0.717) is 17.7 Å². The van der Waals surface area contributed by atoms with Crippen molar-refractivity contribution in [2.75, 3.05) is 13.1 Å². The predicted octanol–water partition coefficient (Wildman–Crippen LogP) is 3.03. The average molecular weight is 327 g/mol. The van der Waals surface area contributed by atoms with Crippen molar-refractivity contribution >= 4 is 5.91 Å². The SMILES string of the molecule is C[C@@H]1[C@H](NC(=O)c2ccc(-c3ccc(F)cc3)[nH]2)C2CCN1CC2. The van der Waals surface area contributed by atoms with E-state index in [9.17, 15) is 9.18 Å². The fourth-order valence-electron chi connectivity index (χ4n) is 4.10. The first-order valence-electron chi connectivity index (χ1n) is 8.62. The number of hydrogen-bond acceptors (Lipinski definition) is 2. The first kappa shape index (κ1) is 15.4. The second-order valence-electron chi connectivity index (χ2n) is 6.91. The quantitative estimate of drug-likeness (QED) is 0.910. The summed E-state index contributed by atoms with van der Waals surface area (Å²) < 4.78 is 13.0. The fourth-order valence-corrected chi connectivity index (χ4v) is 4.10. The van der Waals surface area contributed by atoms with Crippen LogP contribution < -0.4 is 5.32 Å². The van der Waals surface area contributed by atoms with Gasteiger partial charge in [0, 0.05) is 17.8 Å². The predicted molar refractivity (Wildman–Crippen MR) is 91.2 cm³/mol. The third kappa shape index (κ3) is 2.73. The number of nitrogens with one attached hydrogen (secondary N) is 2. The van der Waals surface area contributed by atoms with Crippen molar-refractivity contribution < 1.29 is 9.18 Å². The van der Waals surface area contributed by atoms with Gasteiger partial charge in [0.25, 0.3) is 5.91 Å². The largest absolute Gasteiger partial charge is 0.351 e. The van der Waals surface area contributed by atoms with Gasteiger partial charge >= 0.3 is 0 Å². The minimum absolute atomic E-state index is 0.0611. The number of carbonyl (C=O) groups excluding carboxylic acids is 1. The number of H-pyrrole nitrogens is 1. The molecule has 3 aliphatic rings. The second kappa shape index (κ2) is 6.06. The number of fused-ring (bicyclic) bond motifs is 3. The monoisotopic (exact) mass is 327 g/mol. The zero-order valence-corrected chi connectivity index (χ0v) is 13.8. The maximum absolute atomic E-state index is 13.0. The number of rotatable bonds is 3. The highest BCUT2D eigenvalue weighted by Gasteiger charge is 2.40. The van der Waals surface area contributed by atoms with Gasteiger partial charge in [-0.15, -0.1) is 0 Å². The first-order chi connectivity index (χ1) is 11.6. The normalized spacial score (nSPS) is 28.8. The minimum atomic E-state index is -0.264. The number of nitrogens with zero attached hydrogens (tertiary/aromatic N) is 1. The summed E-state index contributed by atoms with van der Waals surface area (Å²) in [5, 5.41) is 3.22. The van der Waals surface area contributed by atoms with Gasteiger partial charge in [-0.25, -0.2) is 4.39 Å². The Kier molecular flexibility index (Phi) is 3.88. The summed E-state index contributed by atoms with van der Waals surface area (Å²) in [6, 6.07) is 10.5. The Morgan fingerprint density at radius 1 is 1.17 bits per heavy atom. The van der Waals surface area contributed by atoms with Crippen LogP contribution in [0.5, 0.6) is 0 Å². The summed E-state index contributed by atoms with van der Waals surface area (Å²) in [6.45, 7) is 4.50. The molecule has 0 radical (unpaired) electrons. The van der Waals surface area contributed by atoms with Gasteiger partial charge in [0.2, 0.25) is 0 Å². The molecule has 24 heavy (non-hydrogen) atoms. The molecular formula is C19H22FN3O. The Morgan fingerprint density at radius 2 is 1.88 bits per heavy atom. The first-order valence-corrected chi connectivity index (χ1v) is 8.62. The Hall–Kier alpha value is -2.14. The molecule has 1 aromatic carbocycles. The van der Waals surface area contributed by atoms with Gasteiger partial charge in [-0.3, -0.25) is 9.69 Å². The van der Waals surface area contributed by atoms with E-state index < -0.39 is 0 Å². The van der Waals surface area contributed by atoms with E-state index in [0.717, 1.165) is 24.3 Å². The van der Waals surface area contributed by atoms with Crippen molar-refractivity contribution in [1.29, 1.82) is 0 Å². The van der Waals surface area contributed by atoms with Crippen molar-refractivity contribution in [2.45, 2.75) is 31.8 Å². The zero-order chi connectivity index (χ0) is 16.7. The van der Waals surface area contributed by atoms with Crippen LogP contribution in [0.25, 0.3) is 11.3 Å². The molecule has 4 heterocycles. The van der Waals surface area contributed by atoms with E-state index in [4.69, 9.17) is 0 Å². The van der Waals surface area contributed by atoms with Gasteiger partial charge in [-0.1, -0.05) is 0 Å². The third-order valence-electron chi connectivity index (χ3n) is 5.56. The lowest BCUT2D eigenvalue weighted by molar-refractivity contribution is 0.0216. The van der Waals surface area contributed by atoms with Crippen LogP contribution in [0.15, 0.2) is 36.4 Å². The molecule has 0 unspecified atom stereocenters. The fraction of sp³-hybridized carbons (Fsp3) is 0.421. The molecular weight excluding hydrogens is 305 g/mol. The molecule has 3 aliphatic heterocycles. The smallest absolute Gasteiger partial charge is 0.267 e. The number of hydrogen-bond donors (Lipinski definition) is 2. The van der Waals surface area contributed by atoms with Crippen LogP contribution in [0, 0.1) is 11.7 Å². The van der Waals surface area contributed by atoms with E-state index in [-0.39, 0.29) is 17.8 Å². The molecule has 2 N–H and O–H groups in total. The van der Waals surface area contributed by atoms with E-state index >= 15 is 0 Å². The highest BCUT2D eigenvalue weighted by molar-refractivity contribution is 5.93. The maximum Gasteiger partial charge on any atom is 0.267 e. The Bertz CT molecular complexity index is 729. The third-order valence-corrected chi connectivity index (χ3v) is 5.56. The van der Waals surface area contributed by atoms with E-state index in [1.165, 1.54) is 25.0 Å². The average Bonchev–Trinajstić information content (AvgIpc) is 3.09. The van der Waals surface area contributed by atoms with Crippen LogP contribution in [0.3, 0.4) is 0 Å². The highest BCUT2D eigenvalue weighted by Crippen LogP contribution is 2.32. The van der Waals surface area contributed by atoms with Gasteiger partial charge in [-0.05, 0) is 80.7 Å². The summed E-state index contributed by atoms with van der Waals surface area (Å²) >= 11 is 0. The molecule has 2 atom stereocenters. The van der Waals surface area contributed by atoms with E-state index in [2.05, 4.69) is 22.1 Å². The summed E-state index contributed by atoms with van der Waals surface area (Å²) in [6.07, 6.45) is 2.34. The Morgan fingerprint density at radius 3 is 2.54 bits per heavy atom. The van der Waals surface area contributed by atoms with Crippen molar-refractivity contribution in [2.24, 2.45) is 5.92 Å². The number of amides is 1. The van der Waals surface area contributed by atoms with E-state index in [1.807, 2.05) is 6.07 Å². The van der Waals surface area contributed by atoms with Gasteiger partial charge in [-0.2, -0.15) is 0 Å². The van der Waals surface area contributed by atoms with Crippen molar-refractivity contribution in [1.82, 2.24) is 15.2 Å². The number of piperidine rings is 3. The molecule has 5 heteroatoms. The lowest BCUT2D eigenvalue weighted by Crippen LogP contribution is -2.62. The van der Waals surface area contributed by atoms with Crippen molar-refractivity contribution in [3.05, 3.63) is 47.9 Å². The second-order valence-corrected chi connectivity index (χ2v) is 6.91. The molecule has 3 fully saturated rings. The molecule has 5 rings (SSSR count). The van der Waals surface area contributed by atoms with Crippen molar-refractivity contribution in [3.63, 3.8) is 0 Å². The maximum atomic E-state index is 13.0. The molecule has 0 saturated carbocycles. The van der Waals surface area contributed by atoms with Gasteiger partial charge < -0.3 is 10.3 Å². The molecule has 1 amide bonds. The van der Waals surface area contributed by atoms with Crippen molar-refractivity contribution in [3.8, 4) is 11.3 Å². The molecule has 1 aromatic heterocycles. The van der Waals surface area contributed by atoms with Crippen LogP contribution in [-0.2, 0) is 0 Å². The molecule has 0 spiro atoms. The van der Waals surface area contributed by atoms with E-state index in [1.54, 1.807) is 18.2 Å². The van der Waals surface area contributed by atoms with Crippen LogP contribution in [0.4, 0.5) is 4.39 Å². The van der Waals surface area contributed by atoms with Crippen LogP contribution >= 0.6 is 0 Å². The molecule has 4 nitrogen and oxygen atoms in total. The standard InChI is InChI=1S/C19H22FN3O/c1-12-18(14-8-10-23(12)11-9-14)22-19(24)17-7-6-16(21-17)13-2-4-15(20)5-3-13/h2-7,12,14,18,21H,8-11H2,1H3,(H,22,24)/t12-,18+/m1/s1. The number of halogens is 1. The van der Waals surface area contributed by atoms with Crippen LogP contribution in [0.2, 0.25) is 0 Å². The van der Waals surface area contributed by atoms with Crippen LogP contribution in [0.1, 0.15) is 30.3 Å². The molecule has 2 bridgehead atoms. The van der Waals surface area contributed by atoms with Gasteiger partial charge in [0.1, 0.15) is 11.5 Å². The molecule has 3 saturated heterocycles.